The molecule has 0 radical (unpaired) electrons. The quantitative estimate of drug-likeness (QED) is 0.851. The SMILES string of the molecule is NC1(c2ccc(F)cc2F)CCCC(C2CC2)C1. The highest BCUT2D eigenvalue weighted by atomic mass is 19.1. The van der Waals surface area contributed by atoms with Gasteiger partial charge in [-0.2, -0.15) is 0 Å². The summed E-state index contributed by atoms with van der Waals surface area (Å²) in [5.74, 6) is 0.410. The van der Waals surface area contributed by atoms with E-state index in [0.717, 1.165) is 31.2 Å². The topological polar surface area (TPSA) is 26.0 Å². The van der Waals surface area contributed by atoms with Crippen LogP contribution in [0.4, 0.5) is 8.78 Å². The largest absolute Gasteiger partial charge is 0.321 e. The van der Waals surface area contributed by atoms with Crippen molar-refractivity contribution in [2.75, 3.05) is 0 Å². The van der Waals surface area contributed by atoms with Crippen LogP contribution in [0.2, 0.25) is 0 Å². The van der Waals surface area contributed by atoms with Gasteiger partial charge in [0, 0.05) is 17.2 Å². The van der Waals surface area contributed by atoms with Gasteiger partial charge in [0.15, 0.2) is 0 Å². The number of rotatable bonds is 2. The minimum Gasteiger partial charge on any atom is -0.321 e. The first kappa shape index (κ1) is 12.1. The summed E-state index contributed by atoms with van der Waals surface area (Å²) in [7, 11) is 0. The summed E-state index contributed by atoms with van der Waals surface area (Å²) in [6, 6.07) is 3.79. The van der Waals surface area contributed by atoms with Crippen molar-refractivity contribution in [3.8, 4) is 0 Å². The lowest BCUT2D eigenvalue weighted by atomic mass is 9.71. The van der Waals surface area contributed by atoms with Crippen molar-refractivity contribution in [1.29, 1.82) is 0 Å². The molecule has 1 aromatic rings. The summed E-state index contributed by atoms with van der Waals surface area (Å²) in [6.45, 7) is 0. The molecule has 2 aliphatic rings. The third kappa shape index (κ3) is 2.16. The lowest BCUT2D eigenvalue weighted by Gasteiger charge is -2.38. The molecule has 2 fully saturated rings. The fourth-order valence-electron chi connectivity index (χ4n) is 3.46. The zero-order valence-corrected chi connectivity index (χ0v) is 10.5. The maximum atomic E-state index is 13.9. The monoisotopic (exact) mass is 251 g/mol. The first-order valence-electron chi connectivity index (χ1n) is 6.83. The molecular weight excluding hydrogens is 232 g/mol. The molecular formula is C15H19F2N. The van der Waals surface area contributed by atoms with Crippen molar-refractivity contribution in [3.63, 3.8) is 0 Å². The van der Waals surface area contributed by atoms with Gasteiger partial charge in [-0.25, -0.2) is 8.78 Å². The van der Waals surface area contributed by atoms with Gasteiger partial charge >= 0.3 is 0 Å². The Morgan fingerprint density at radius 2 is 1.89 bits per heavy atom. The van der Waals surface area contributed by atoms with Crippen molar-refractivity contribution >= 4 is 0 Å². The molecule has 0 heterocycles. The van der Waals surface area contributed by atoms with E-state index in [1.165, 1.54) is 31.4 Å². The number of hydrogen-bond donors (Lipinski definition) is 1. The van der Waals surface area contributed by atoms with Crippen molar-refractivity contribution in [3.05, 3.63) is 35.4 Å². The van der Waals surface area contributed by atoms with E-state index in [-0.39, 0.29) is 0 Å². The Bertz CT molecular complexity index is 456. The molecule has 0 saturated heterocycles. The van der Waals surface area contributed by atoms with Gasteiger partial charge in [-0.05, 0) is 43.6 Å². The van der Waals surface area contributed by atoms with Crippen molar-refractivity contribution in [1.82, 2.24) is 0 Å². The summed E-state index contributed by atoms with van der Waals surface area (Å²) < 4.78 is 26.9. The zero-order chi connectivity index (χ0) is 12.8. The van der Waals surface area contributed by atoms with Gasteiger partial charge in [-0.1, -0.05) is 18.9 Å². The third-order valence-electron chi connectivity index (χ3n) is 4.58. The lowest BCUT2D eigenvalue weighted by Crippen LogP contribution is -2.42. The van der Waals surface area contributed by atoms with Gasteiger partial charge in [0.05, 0.1) is 0 Å². The third-order valence-corrected chi connectivity index (χ3v) is 4.58. The second kappa shape index (κ2) is 4.30. The number of benzene rings is 1. The molecule has 0 amide bonds. The summed E-state index contributed by atoms with van der Waals surface area (Å²) in [5.41, 5.74) is 6.33. The zero-order valence-electron chi connectivity index (χ0n) is 10.5. The molecule has 2 aliphatic carbocycles. The minimum absolute atomic E-state index is 0.492. The van der Waals surface area contributed by atoms with E-state index >= 15 is 0 Å². The molecule has 3 heteroatoms. The molecule has 98 valence electrons. The van der Waals surface area contributed by atoms with Crippen molar-refractivity contribution < 1.29 is 8.78 Å². The number of hydrogen-bond acceptors (Lipinski definition) is 1. The standard InChI is InChI=1S/C15H19F2N/c16-12-5-6-13(14(17)8-12)15(18)7-1-2-11(9-15)10-3-4-10/h5-6,8,10-11H,1-4,7,9,18H2. The first-order chi connectivity index (χ1) is 8.58. The molecule has 2 N–H and O–H groups in total. The Labute approximate surface area is 106 Å². The Kier molecular flexibility index (Phi) is 2.89. The van der Waals surface area contributed by atoms with Crippen LogP contribution in [0.3, 0.4) is 0 Å². The smallest absolute Gasteiger partial charge is 0.131 e. The van der Waals surface area contributed by atoms with Crippen LogP contribution in [0.1, 0.15) is 44.1 Å². The summed E-state index contributed by atoms with van der Waals surface area (Å²) in [4.78, 5) is 0. The Morgan fingerprint density at radius 1 is 1.11 bits per heavy atom. The van der Waals surface area contributed by atoms with Crippen molar-refractivity contribution in [2.45, 2.75) is 44.1 Å². The van der Waals surface area contributed by atoms with E-state index in [2.05, 4.69) is 0 Å². The van der Waals surface area contributed by atoms with E-state index in [0.29, 0.717) is 11.5 Å². The number of nitrogens with two attached hydrogens (primary N) is 1. The second-order valence-corrected chi connectivity index (χ2v) is 5.97. The van der Waals surface area contributed by atoms with Crippen LogP contribution in [0.5, 0.6) is 0 Å². The second-order valence-electron chi connectivity index (χ2n) is 5.97. The summed E-state index contributed by atoms with van der Waals surface area (Å²) in [5, 5.41) is 0. The molecule has 0 aliphatic heterocycles. The van der Waals surface area contributed by atoms with Crippen LogP contribution in [0.15, 0.2) is 18.2 Å². The van der Waals surface area contributed by atoms with Gasteiger partial charge < -0.3 is 5.73 Å². The van der Waals surface area contributed by atoms with Crippen molar-refractivity contribution in [2.24, 2.45) is 17.6 Å². The Morgan fingerprint density at radius 3 is 2.56 bits per heavy atom. The Balaban J connectivity index is 1.87. The molecule has 3 rings (SSSR count). The maximum absolute atomic E-state index is 13.9. The van der Waals surface area contributed by atoms with Crippen LogP contribution in [0.25, 0.3) is 0 Å². The molecule has 0 aromatic heterocycles. The highest BCUT2D eigenvalue weighted by molar-refractivity contribution is 5.27. The van der Waals surface area contributed by atoms with Gasteiger partial charge in [0.1, 0.15) is 11.6 Å². The molecule has 18 heavy (non-hydrogen) atoms. The fraction of sp³-hybridized carbons (Fsp3) is 0.600. The Hall–Kier alpha value is -0.960. The summed E-state index contributed by atoms with van der Waals surface area (Å²) in [6.07, 6.45) is 6.51. The van der Waals surface area contributed by atoms with Crippen LogP contribution in [-0.2, 0) is 5.54 Å². The van der Waals surface area contributed by atoms with E-state index in [9.17, 15) is 8.78 Å². The normalized spacial score (nSPS) is 32.5. The molecule has 0 bridgehead atoms. The average molecular weight is 251 g/mol. The average Bonchev–Trinajstić information content (AvgIpc) is 3.12. The molecule has 1 aromatic carbocycles. The van der Waals surface area contributed by atoms with Crippen LogP contribution in [-0.4, -0.2) is 0 Å². The molecule has 2 unspecified atom stereocenters. The molecule has 2 saturated carbocycles. The molecule has 2 atom stereocenters. The van der Waals surface area contributed by atoms with E-state index < -0.39 is 17.2 Å². The van der Waals surface area contributed by atoms with Crippen LogP contribution in [0, 0.1) is 23.5 Å². The van der Waals surface area contributed by atoms with Gasteiger partial charge in [0.2, 0.25) is 0 Å². The molecule has 1 nitrogen and oxygen atoms in total. The minimum atomic E-state index is -0.594. The lowest BCUT2D eigenvalue weighted by molar-refractivity contribution is 0.202. The van der Waals surface area contributed by atoms with Crippen LogP contribution < -0.4 is 5.73 Å². The summed E-state index contributed by atoms with van der Waals surface area (Å²) >= 11 is 0. The van der Waals surface area contributed by atoms with E-state index in [1.807, 2.05) is 0 Å². The van der Waals surface area contributed by atoms with E-state index in [4.69, 9.17) is 5.73 Å². The predicted molar refractivity (Wildman–Crippen MR) is 66.9 cm³/mol. The van der Waals surface area contributed by atoms with Gasteiger partial charge in [0.25, 0.3) is 0 Å². The van der Waals surface area contributed by atoms with E-state index in [1.54, 1.807) is 0 Å². The molecule has 0 spiro atoms. The first-order valence-corrected chi connectivity index (χ1v) is 6.83. The maximum Gasteiger partial charge on any atom is 0.131 e. The highest BCUT2D eigenvalue weighted by Gasteiger charge is 2.41. The van der Waals surface area contributed by atoms with Crippen LogP contribution >= 0.6 is 0 Å². The van der Waals surface area contributed by atoms with Gasteiger partial charge in [-0.3, -0.25) is 0 Å². The number of halogens is 2. The predicted octanol–water partition coefficient (Wildman–Crippen LogP) is 3.72. The highest BCUT2D eigenvalue weighted by Crippen LogP contribution is 2.48. The van der Waals surface area contributed by atoms with Gasteiger partial charge in [-0.15, -0.1) is 0 Å². The fourth-order valence-corrected chi connectivity index (χ4v) is 3.46.